The van der Waals surface area contributed by atoms with Gasteiger partial charge in [-0.2, -0.15) is 0 Å². The number of carbonyl (C=O) groups excluding carboxylic acids is 1. The van der Waals surface area contributed by atoms with Crippen molar-refractivity contribution in [2.24, 2.45) is 0 Å². The van der Waals surface area contributed by atoms with Crippen LogP contribution < -0.4 is 0 Å². The van der Waals surface area contributed by atoms with E-state index < -0.39 is 11.2 Å². The summed E-state index contributed by atoms with van der Waals surface area (Å²) in [5.41, 5.74) is -0.153. The smallest absolute Gasteiger partial charge is 0.341 e. The van der Waals surface area contributed by atoms with Crippen molar-refractivity contribution in [3.05, 3.63) is 34.9 Å². The van der Waals surface area contributed by atoms with Crippen molar-refractivity contribution >= 4 is 17.6 Å². The van der Waals surface area contributed by atoms with Crippen LogP contribution in [-0.4, -0.2) is 23.8 Å². The molecule has 1 aromatic rings. The van der Waals surface area contributed by atoms with Gasteiger partial charge in [-0.3, -0.25) is 0 Å². The van der Waals surface area contributed by atoms with E-state index in [1.807, 2.05) is 45.0 Å². The molecule has 0 amide bonds. The van der Waals surface area contributed by atoms with Crippen molar-refractivity contribution in [2.45, 2.75) is 51.2 Å². The molecule has 2 rings (SSSR count). The summed E-state index contributed by atoms with van der Waals surface area (Å²) in [5, 5.41) is 0.709. The highest BCUT2D eigenvalue weighted by Gasteiger charge is 2.71. The molecule has 4 heteroatoms. The van der Waals surface area contributed by atoms with Gasteiger partial charge in [-0.25, -0.2) is 4.79 Å². The number of hydrogen-bond donors (Lipinski definition) is 0. The summed E-state index contributed by atoms with van der Waals surface area (Å²) < 4.78 is 11.1. The lowest BCUT2D eigenvalue weighted by molar-refractivity contribution is -0.149. The largest absolute Gasteiger partial charge is 0.464 e. The first-order valence-corrected chi connectivity index (χ1v) is 7.47. The Bertz CT molecular complexity index is 485. The molecule has 0 saturated carbocycles. The van der Waals surface area contributed by atoms with Gasteiger partial charge in [-0.15, -0.1) is 0 Å². The lowest BCUT2D eigenvalue weighted by Gasteiger charge is -2.15. The number of carbonyl (C=O) groups is 1. The zero-order valence-corrected chi connectivity index (χ0v) is 13.0. The van der Waals surface area contributed by atoms with E-state index in [9.17, 15) is 4.79 Å². The molecule has 0 spiro atoms. The Morgan fingerprint density at radius 3 is 2.50 bits per heavy atom. The number of rotatable bonds is 6. The third-order valence-corrected chi connectivity index (χ3v) is 4.13. The second kappa shape index (κ2) is 5.74. The molecule has 110 valence electrons. The van der Waals surface area contributed by atoms with E-state index in [0.29, 0.717) is 24.5 Å². The maximum atomic E-state index is 12.2. The molecule has 0 radical (unpaired) electrons. The van der Waals surface area contributed by atoms with Gasteiger partial charge in [-0.05, 0) is 38.0 Å². The van der Waals surface area contributed by atoms with Crippen molar-refractivity contribution in [1.82, 2.24) is 0 Å². The summed E-state index contributed by atoms with van der Waals surface area (Å²) in [6.45, 7) is 6.22. The molecule has 2 unspecified atom stereocenters. The zero-order chi connectivity index (χ0) is 14.8. The van der Waals surface area contributed by atoms with Gasteiger partial charge >= 0.3 is 5.97 Å². The van der Waals surface area contributed by atoms with Crippen LogP contribution in [0.25, 0.3) is 0 Å². The monoisotopic (exact) mass is 296 g/mol. The summed E-state index contributed by atoms with van der Waals surface area (Å²) in [6.07, 6.45) is 2.26. The molecule has 1 aliphatic rings. The molecule has 2 atom stereocenters. The lowest BCUT2D eigenvalue weighted by Crippen LogP contribution is -2.35. The highest BCUT2D eigenvalue weighted by atomic mass is 35.5. The third kappa shape index (κ3) is 2.70. The minimum absolute atomic E-state index is 0.238. The first-order valence-electron chi connectivity index (χ1n) is 7.09. The third-order valence-electron chi connectivity index (χ3n) is 3.87. The van der Waals surface area contributed by atoms with Crippen molar-refractivity contribution < 1.29 is 14.3 Å². The van der Waals surface area contributed by atoms with Crippen LogP contribution in [0.2, 0.25) is 5.02 Å². The Labute approximate surface area is 125 Å². The Morgan fingerprint density at radius 1 is 1.30 bits per heavy atom. The molecular formula is C16H21ClO3. The molecule has 0 N–H and O–H groups in total. The lowest BCUT2D eigenvalue weighted by atomic mass is 9.85. The average Bonchev–Trinajstić information content (AvgIpc) is 2.99. The van der Waals surface area contributed by atoms with Gasteiger partial charge in [0.05, 0.1) is 6.61 Å². The predicted octanol–water partition coefficient (Wildman–Crippen LogP) is 3.77. The Balaban J connectivity index is 2.14. The van der Waals surface area contributed by atoms with E-state index in [0.717, 1.165) is 12.0 Å². The van der Waals surface area contributed by atoms with E-state index in [-0.39, 0.29) is 5.97 Å². The van der Waals surface area contributed by atoms with Crippen LogP contribution in [0.4, 0.5) is 0 Å². The quantitative estimate of drug-likeness (QED) is 0.592. The van der Waals surface area contributed by atoms with Gasteiger partial charge in [0.15, 0.2) is 5.60 Å². The van der Waals surface area contributed by atoms with E-state index >= 15 is 0 Å². The van der Waals surface area contributed by atoms with E-state index in [1.54, 1.807) is 0 Å². The molecule has 0 aromatic heterocycles. The Morgan fingerprint density at radius 2 is 1.95 bits per heavy atom. The molecular weight excluding hydrogens is 276 g/mol. The molecule has 0 aliphatic carbocycles. The van der Waals surface area contributed by atoms with Crippen molar-refractivity contribution in [3.63, 3.8) is 0 Å². The molecule has 20 heavy (non-hydrogen) atoms. The highest BCUT2D eigenvalue weighted by Crippen LogP contribution is 2.53. The highest BCUT2D eigenvalue weighted by molar-refractivity contribution is 6.30. The summed E-state index contributed by atoms with van der Waals surface area (Å²) in [7, 11) is 0. The molecule has 1 aromatic carbocycles. The fourth-order valence-corrected chi connectivity index (χ4v) is 2.93. The molecule has 1 fully saturated rings. The van der Waals surface area contributed by atoms with Gasteiger partial charge in [0.2, 0.25) is 0 Å². The summed E-state index contributed by atoms with van der Waals surface area (Å²) in [6, 6.07) is 7.65. The molecule has 1 saturated heterocycles. The molecule has 1 heterocycles. The summed E-state index contributed by atoms with van der Waals surface area (Å²) in [5.74, 6) is -0.238. The summed E-state index contributed by atoms with van der Waals surface area (Å²) in [4.78, 5) is 12.2. The van der Waals surface area contributed by atoms with Crippen LogP contribution in [0.15, 0.2) is 24.3 Å². The number of esters is 1. The molecule has 3 nitrogen and oxygen atoms in total. The van der Waals surface area contributed by atoms with Crippen LogP contribution in [0, 0.1) is 0 Å². The van der Waals surface area contributed by atoms with Gasteiger partial charge in [0, 0.05) is 11.4 Å². The van der Waals surface area contributed by atoms with Crippen LogP contribution in [0.5, 0.6) is 0 Å². The Hall–Kier alpha value is -1.06. The second-order valence-corrected chi connectivity index (χ2v) is 5.87. The van der Waals surface area contributed by atoms with Gasteiger partial charge < -0.3 is 9.47 Å². The van der Waals surface area contributed by atoms with Crippen LogP contribution in [-0.2, 0) is 20.7 Å². The van der Waals surface area contributed by atoms with E-state index in [4.69, 9.17) is 21.1 Å². The second-order valence-electron chi connectivity index (χ2n) is 5.43. The zero-order valence-electron chi connectivity index (χ0n) is 12.2. The van der Waals surface area contributed by atoms with Crippen LogP contribution in [0.3, 0.4) is 0 Å². The fraction of sp³-hybridized carbons (Fsp3) is 0.562. The number of halogens is 1. The Kier molecular flexibility index (Phi) is 4.40. The van der Waals surface area contributed by atoms with Gasteiger partial charge in [0.25, 0.3) is 0 Å². The number of benzene rings is 1. The van der Waals surface area contributed by atoms with E-state index in [2.05, 4.69) is 0 Å². The fourth-order valence-electron chi connectivity index (χ4n) is 2.80. The molecule has 0 bridgehead atoms. The predicted molar refractivity (Wildman–Crippen MR) is 78.9 cm³/mol. The number of ether oxygens (including phenoxy) is 2. The van der Waals surface area contributed by atoms with Gasteiger partial charge in [-0.1, -0.05) is 37.1 Å². The maximum Gasteiger partial charge on any atom is 0.341 e. The first-order chi connectivity index (χ1) is 9.47. The number of epoxide rings is 1. The van der Waals surface area contributed by atoms with Crippen LogP contribution in [0.1, 0.15) is 39.2 Å². The number of hydrogen-bond acceptors (Lipinski definition) is 3. The van der Waals surface area contributed by atoms with Crippen molar-refractivity contribution in [2.75, 3.05) is 6.61 Å². The van der Waals surface area contributed by atoms with Gasteiger partial charge in [0.1, 0.15) is 5.60 Å². The topological polar surface area (TPSA) is 38.8 Å². The van der Waals surface area contributed by atoms with Crippen molar-refractivity contribution in [1.29, 1.82) is 0 Å². The van der Waals surface area contributed by atoms with Crippen LogP contribution >= 0.6 is 11.6 Å². The molecule has 1 aliphatic heterocycles. The minimum Gasteiger partial charge on any atom is -0.464 e. The average molecular weight is 297 g/mol. The minimum atomic E-state index is -0.780. The standard InChI is InChI=1S/C16H21ClO3/c1-4-10-16(14(18)19-5-2)15(3,20-16)11-12-6-8-13(17)9-7-12/h6-9H,4-5,10-11H2,1-3H3. The van der Waals surface area contributed by atoms with E-state index in [1.165, 1.54) is 0 Å². The first kappa shape index (κ1) is 15.3. The summed E-state index contributed by atoms with van der Waals surface area (Å²) >= 11 is 5.89. The maximum absolute atomic E-state index is 12.2. The van der Waals surface area contributed by atoms with Crippen molar-refractivity contribution in [3.8, 4) is 0 Å². The SMILES string of the molecule is CCCC1(C(=O)OCC)OC1(C)Cc1ccc(Cl)cc1. The normalized spacial score (nSPS) is 28.2.